The summed E-state index contributed by atoms with van der Waals surface area (Å²) in [6.07, 6.45) is 1.50. The molecular formula is C22H26N2O5. The summed E-state index contributed by atoms with van der Waals surface area (Å²) >= 11 is 0. The molecule has 0 saturated heterocycles. The molecule has 0 unspecified atom stereocenters. The Hall–Kier alpha value is -3.35. The van der Waals surface area contributed by atoms with E-state index in [1.807, 2.05) is 25.1 Å². The van der Waals surface area contributed by atoms with Gasteiger partial charge in [-0.1, -0.05) is 18.2 Å². The topological polar surface area (TPSA) is 86.2 Å². The monoisotopic (exact) mass is 398 g/mol. The van der Waals surface area contributed by atoms with Crippen LogP contribution in [0.15, 0.2) is 53.6 Å². The maximum Gasteiger partial charge on any atom is 0.344 e. The molecule has 7 nitrogen and oxygen atoms in total. The molecule has 2 aromatic rings. The minimum absolute atomic E-state index is 0.125. The van der Waals surface area contributed by atoms with E-state index in [4.69, 9.17) is 14.2 Å². The summed E-state index contributed by atoms with van der Waals surface area (Å²) in [6.45, 7) is 7.01. The summed E-state index contributed by atoms with van der Waals surface area (Å²) in [4.78, 5) is 23.5. The molecule has 0 radical (unpaired) electrons. The van der Waals surface area contributed by atoms with E-state index in [0.717, 1.165) is 11.1 Å². The second-order valence-electron chi connectivity index (χ2n) is 7.29. The number of hydrogen-bond acceptors (Lipinski definition) is 6. The molecule has 0 aliphatic heterocycles. The van der Waals surface area contributed by atoms with E-state index in [1.54, 1.807) is 51.1 Å². The molecule has 2 rings (SSSR count). The van der Waals surface area contributed by atoms with Crippen LogP contribution in [0.25, 0.3) is 0 Å². The second-order valence-corrected chi connectivity index (χ2v) is 7.29. The van der Waals surface area contributed by atoms with Gasteiger partial charge in [-0.15, -0.1) is 0 Å². The van der Waals surface area contributed by atoms with Gasteiger partial charge in [-0.3, -0.25) is 4.79 Å². The van der Waals surface area contributed by atoms with Gasteiger partial charge in [0.15, 0.2) is 13.2 Å². The lowest BCUT2D eigenvalue weighted by molar-refractivity contribution is -0.157. The normalized spacial score (nSPS) is 11.2. The minimum Gasteiger partial charge on any atom is -0.483 e. The molecule has 7 heteroatoms. The van der Waals surface area contributed by atoms with Crippen molar-refractivity contribution < 1.29 is 23.8 Å². The lowest BCUT2D eigenvalue weighted by Crippen LogP contribution is -2.27. The highest BCUT2D eigenvalue weighted by Crippen LogP contribution is 2.16. The maximum absolute atomic E-state index is 11.8. The van der Waals surface area contributed by atoms with Crippen molar-refractivity contribution in [2.45, 2.75) is 33.3 Å². The third-order valence-electron chi connectivity index (χ3n) is 3.51. The first-order valence-corrected chi connectivity index (χ1v) is 9.18. The van der Waals surface area contributed by atoms with Crippen molar-refractivity contribution in [2.75, 3.05) is 13.2 Å². The highest BCUT2D eigenvalue weighted by Gasteiger charge is 2.16. The van der Waals surface area contributed by atoms with Gasteiger partial charge >= 0.3 is 5.97 Å². The quantitative estimate of drug-likeness (QED) is 0.419. The Labute approximate surface area is 170 Å². The summed E-state index contributed by atoms with van der Waals surface area (Å²) in [5, 5.41) is 3.90. The molecule has 29 heavy (non-hydrogen) atoms. The molecule has 0 heterocycles. The van der Waals surface area contributed by atoms with E-state index in [1.165, 1.54) is 6.21 Å². The third-order valence-corrected chi connectivity index (χ3v) is 3.51. The SMILES string of the molecule is Cc1ccccc1OCC(=O)N/N=C\c1ccc(OCC(=O)OC(C)(C)C)cc1. The Balaban J connectivity index is 1.74. The Morgan fingerprint density at radius 1 is 1.00 bits per heavy atom. The van der Waals surface area contributed by atoms with Crippen LogP contribution < -0.4 is 14.9 Å². The lowest BCUT2D eigenvalue weighted by atomic mass is 10.2. The van der Waals surface area contributed by atoms with Gasteiger partial charge in [0.1, 0.15) is 17.1 Å². The summed E-state index contributed by atoms with van der Waals surface area (Å²) in [5.41, 5.74) is 3.58. The summed E-state index contributed by atoms with van der Waals surface area (Å²) in [7, 11) is 0. The van der Waals surface area contributed by atoms with Crippen molar-refractivity contribution in [1.29, 1.82) is 0 Å². The molecule has 154 valence electrons. The molecule has 0 aromatic heterocycles. The lowest BCUT2D eigenvalue weighted by Gasteiger charge is -2.19. The van der Waals surface area contributed by atoms with Crippen LogP contribution in [0.5, 0.6) is 11.5 Å². The zero-order valence-corrected chi connectivity index (χ0v) is 17.1. The first-order valence-electron chi connectivity index (χ1n) is 9.18. The number of amides is 1. The van der Waals surface area contributed by atoms with Crippen molar-refractivity contribution >= 4 is 18.1 Å². The highest BCUT2D eigenvalue weighted by molar-refractivity contribution is 5.83. The van der Waals surface area contributed by atoms with Crippen LogP contribution in [-0.4, -0.2) is 36.9 Å². The standard InChI is InChI=1S/C22H26N2O5/c1-16-7-5-6-8-19(16)28-14-20(25)24-23-13-17-9-11-18(12-10-17)27-15-21(26)29-22(2,3)4/h5-13H,14-15H2,1-4H3,(H,24,25)/b23-13-. The molecule has 0 aliphatic carbocycles. The van der Waals surface area contributed by atoms with Crippen LogP contribution in [0.4, 0.5) is 0 Å². The van der Waals surface area contributed by atoms with Crippen molar-refractivity contribution in [3.8, 4) is 11.5 Å². The number of nitrogens with one attached hydrogen (secondary N) is 1. The Bertz CT molecular complexity index is 854. The van der Waals surface area contributed by atoms with E-state index in [-0.39, 0.29) is 19.1 Å². The van der Waals surface area contributed by atoms with Crippen molar-refractivity contribution in [3.63, 3.8) is 0 Å². The second kappa shape index (κ2) is 10.3. The van der Waals surface area contributed by atoms with E-state index < -0.39 is 11.6 Å². The number of carbonyl (C=O) groups excluding carboxylic acids is 2. The van der Waals surface area contributed by atoms with Crippen LogP contribution in [0, 0.1) is 6.92 Å². The molecule has 0 saturated carbocycles. The third kappa shape index (κ3) is 8.47. The van der Waals surface area contributed by atoms with Gasteiger partial charge < -0.3 is 14.2 Å². The van der Waals surface area contributed by atoms with Gasteiger partial charge in [-0.05, 0) is 69.2 Å². The fourth-order valence-electron chi connectivity index (χ4n) is 2.24. The molecule has 0 fully saturated rings. The average molecular weight is 398 g/mol. The number of rotatable bonds is 8. The molecule has 0 atom stereocenters. The number of carbonyl (C=O) groups is 2. The first-order chi connectivity index (χ1) is 13.7. The molecule has 1 amide bonds. The van der Waals surface area contributed by atoms with Crippen LogP contribution in [0.2, 0.25) is 0 Å². The van der Waals surface area contributed by atoms with Crippen LogP contribution >= 0.6 is 0 Å². The van der Waals surface area contributed by atoms with Gasteiger partial charge in [-0.25, -0.2) is 10.2 Å². The number of hydrogen-bond donors (Lipinski definition) is 1. The Morgan fingerprint density at radius 3 is 2.34 bits per heavy atom. The van der Waals surface area contributed by atoms with Gasteiger partial charge in [-0.2, -0.15) is 5.10 Å². The number of benzene rings is 2. The molecule has 0 bridgehead atoms. The summed E-state index contributed by atoms with van der Waals surface area (Å²) < 4.78 is 16.0. The Kier molecular flexibility index (Phi) is 7.77. The van der Waals surface area contributed by atoms with Crippen molar-refractivity contribution in [1.82, 2.24) is 5.43 Å². The molecule has 0 spiro atoms. The number of hydrazone groups is 1. The first kappa shape index (κ1) is 21.9. The fraction of sp³-hybridized carbons (Fsp3) is 0.318. The number of ether oxygens (including phenoxy) is 3. The van der Waals surface area contributed by atoms with Crippen molar-refractivity contribution in [3.05, 3.63) is 59.7 Å². The zero-order valence-electron chi connectivity index (χ0n) is 17.1. The minimum atomic E-state index is -0.545. The van der Waals surface area contributed by atoms with E-state index >= 15 is 0 Å². The zero-order chi connectivity index (χ0) is 21.3. The van der Waals surface area contributed by atoms with E-state index in [2.05, 4.69) is 10.5 Å². The van der Waals surface area contributed by atoms with Gasteiger partial charge in [0.05, 0.1) is 6.21 Å². The predicted octanol–water partition coefficient (Wildman–Crippen LogP) is 3.24. The number of nitrogens with zero attached hydrogens (tertiary/aromatic N) is 1. The van der Waals surface area contributed by atoms with E-state index in [9.17, 15) is 9.59 Å². The smallest absolute Gasteiger partial charge is 0.344 e. The number of esters is 1. The van der Waals surface area contributed by atoms with Gasteiger partial charge in [0.25, 0.3) is 5.91 Å². The Morgan fingerprint density at radius 2 is 1.69 bits per heavy atom. The van der Waals surface area contributed by atoms with Crippen molar-refractivity contribution in [2.24, 2.45) is 5.10 Å². The number of aryl methyl sites for hydroxylation is 1. The average Bonchev–Trinajstić information content (AvgIpc) is 2.65. The van der Waals surface area contributed by atoms with Gasteiger partial charge in [0, 0.05) is 0 Å². The molecule has 1 N–H and O–H groups in total. The van der Waals surface area contributed by atoms with Crippen LogP contribution in [-0.2, 0) is 14.3 Å². The molecule has 2 aromatic carbocycles. The summed E-state index contributed by atoms with van der Waals surface area (Å²) in [5.74, 6) is 0.401. The van der Waals surface area contributed by atoms with E-state index in [0.29, 0.717) is 11.5 Å². The van der Waals surface area contributed by atoms with Crippen LogP contribution in [0.1, 0.15) is 31.9 Å². The number of para-hydroxylation sites is 1. The fourth-order valence-corrected chi connectivity index (χ4v) is 2.24. The van der Waals surface area contributed by atoms with Gasteiger partial charge in [0.2, 0.25) is 0 Å². The maximum atomic E-state index is 11.8. The largest absolute Gasteiger partial charge is 0.483 e. The molecule has 0 aliphatic rings. The molecular weight excluding hydrogens is 372 g/mol. The predicted molar refractivity (Wildman–Crippen MR) is 110 cm³/mol. The van der Waals surface area contributed by atoms with Crippen LogP contribution in [0.3, 0.4) is 0 Å². The summed E-state index contributed by atoms with van der Waals surface area (Å²) in [6, 6.07) is 14.4. The highest BCUT2D eigenvalue weighted by atomic mass is 16.6.